The van der Waals surface area contributed by atoms with Crippen LogP contribution in [0, 0.1) is 12.7 Å². The number of nitrogens with two attached hydrogens (primary N) is 1. The van der Waals surface area contributed by atoms with Gasteiger partial charge in [0.2, 0.25) is 5.91 Å². The fourth-order valence-electron chi connectivity index (χ4n) is 3.19. The molecule has 2 N–H and O–H groups in total. The largest absolute Gasteiger partial charge is 0.366 e. The maximum absolute atomic E-state index is 13.7. The van der Waals surface area contributed by atoms with Gasteiger partial charge in [-0.1, -0.05) is 12.1 Å². The third kappa shape index (κ3) is 3.04. The highest BCUT2D eigenvalue weighted by Gasteiger charge is 2.13. The van der Waals surface area contributed by atoms with E-state index in [4.69, 9.17) is 5.73 Å². The Bertz CT molecular complexity index is 1190. The van der Waals surface area contributed by atoms with E-state index in [0.29, 0.717) is 22.0 Å². The van der Waals surface area contributed by atoms with Crippen molar-refractivity contribution in [3.8, 4) is 22.4 Å². The van der Waals surface area contributed by atoms with Crippen LogP contribution in [0.25, 0.3) is 33.3 Å². The number of primary amides is 1. The average Bonchev–Trinajstić information content (AvgIpc) is 2.69. The van der Waals surface area contributed by atoms with Crippen LogP contribution in [-0.2, 0) is 0 Å². The van der Waals surface area contributed by atoms with Gasteiger partial charge in [0, 0.05) is 28.9 Å². The summed E-state index contributed by atoms with van der Waals surface area (Å²) in [5, 5.41) is 0.688. The van der Waals surface area contributed by atoms with Crippen molar-refractivity contribution in [2.24, 2.45) is 5.73 Å². The Hall–Kier alpha value is -3.60. The standard InChI is InChI=1S/C22H16FN3O/c1-13-11-15(4-6-19(13)23)21-16(3-2-9-26-21)14-5-7-20-18(12-14)17(22(24)27)8-10-25-20/h2-12H,1H3,(H2,24,27). The number of amides is 1. The summed E-state index contributed by atoms with van der Waals surface area (Å²) in [4.78, 5) is 20.6. The number of hydrogen-bond acceptors (Lipinski definition) is 3. The van der Waals surface area contributed by atoms with E-state index in [0.717, 1.165) is 22.4 Å². The van der Waals surface area contributed by atoms with Crippen molar-refractivity contribution in [1.29, 1.82) is 0 Å². The van der Waals surface area contributed by atoms with Gasteiger partial charge in [-0.2, -0.15) is 0 Å². The number of rotatable bonds is 3. The minimum Gasteiger partial charge on any atom is -0.366 e. The topological polar surface area (TPSA) is 68.9 Å². The molecule has 4 nitrogen and oxygen atoms in total. The molecule has 132 valence electrons. The van der Waals surface area contributed by atoms with E-state index >= 15 is 0 Å². The van der Waals surface area contributed by atoms with Crippen molar-refractivity contribution in [1.82, 2.24) is 9.97 Å². The van der Waals surface area contributed by atoms with Gasteiger partial charge in [-0.05, 0) is 60.5 Å². The molecular weight excluding hydrogens is 341 g/mol. The van der Waals surface area contributed by atoms with Gasteiger partial charge in [-0.3, -0.25) is 14.8 Å². The number of aryl methyl sites for hydroxylation is 1. The summed E-state index contributed by atoms with van der Waals surface area (Å²) in [5.41, 5.74) is 10.5. The number of fused-ring (bicyclic) bond motifs is 1. The third-order valence-electron chi connectivity index (χ3n) is 4.56. The van der Waals surface area contributed by atoms with Crippen LogP contribution in [0.15, 0.2) is 67.0 Å². The second-order valence-corrected chi connectivity index (χ2v) is 6.32. The second kappa shape index (κ2) is 6.61. The molecule has 0 spiro atoms. The molecule has 27 heavy (non-hydrogen) atoms. The molecule has 0 saturated carbocycles. The summed E-state index contributed by atoms with van der Waals surface area (Å²) >= 11 is 0. The zero-order valence-corrected chi connectivity index (χ0v) is 14.6. The Kier molecular flexibility index (Phi) is 4.12. The van der Waals surface area contributed by atoms with Crippen molar-refractivity contribution < 1.29 is 9.18 Å². The molecule has 5 heteroatoms. The predicted octanol–water partition coefficient (Wildman–Crippen LogP) is 4.51. The van der Waals surface area contributed by atoms with Crippen molar-refractivity contribution >= 4 is 16.8 Å². The van der Waals surface area contributed by atoms with Crippen LogP contribution in [0.5, 0.6) is 0 Å². The van der Waals surface area contributed by atoms with E-state index in [1.807, 2.05) is 30.3 Å². The Morgan fingerprint density at radius 2 is 1.78 bits per heavy atom. The smallest absolute Gasteiger partial charge is 0.249 e. The molecular formula is C22H16FN3O. The lowest BCUT2D eigenvalue weighted by Crippen LogP contribution is -2.11. The zero-order valence-electron chi connectivity index (χ0n) is 14.6. The lowest BCUT2D eigenvalue weighted by Gasteiger charge is -2.11. The summed E-state index contributed by atoms with van der Waals surface area (Å²) < 4.78 is 13.7. The summed E-state index contributed by atoms with van der Waals surface area (Å²) in [7, 11) is 0. The van der Waals surface area contributed by atoms with Crippen LogP contribution in [0.1, 0.15) is 15.9 Å². The van der Waals surface area contributed by atoms with Crippen molar-refractivity contribution in [3.05, 3.63) is 83.9 Å². The van der Waals surface area contributed by atoms with Crippen LogP contribution < -0.4 is 5.73 Å². The molecule has 0 atom stereocenters. The van der Waals surface area contributed by atoms with Gasteiger partial charge in [-0.15, -0.1) is 0 Å². The quantitative estimate of drug-likeness (QED) is 0.586. The SMILES string of the molecule is Cc1cc(-c2ncccc2-c2ccc3nccc(C(N)=O)c3c2)ccc1F. The van der Waals surface area contributed by atoms with Crippen LogP contribution in [0.3, 0.4) is 0 Å². The summed E-state index contributed by atoms with van der Waals surface area (Å²) in [6.07, 6.45) is 3.27. The molecule has 0 unspecified atom stereocenters. The van der Waals surface area contributed by atoms with Crippen LogP contribution in [-0.4, -0.2) is 15.9 Å². The minimum absolute atomic E-state index is 0.251. The first-order valence-corrected chi connectivity index (χ1v) is 8.45. The van der Waals surface area contributed by atoms with Crippen LogP contribution >= 0.6 is 0 Å². The summed E-state index contributed by atoms with van der Waals surface area (Å²) in [6.45, 7) is 1.72. The normalized spacial score (nSPS) is 10.9. The van der Waals surface area contributed by atoms with Gasteiger partial charge in [0.15, 0.2) is 0 Å². The van der Waals surface area contributed by atoms with E-state index in [2.05, 4.69) is 9.97 Å². The fraction of sp³-hybridized carbons (Fsp3) is 0.0455. The Balaban J connectivity index is 1.93. The number of carbonyl (C=O) groups is 1. The lowest BCUT2D eigenvalue weighted by molar-refractivity contribution is 0.100. The molecule has 0 radical (unpaired) electrons. The number of pyridine rings is 2. The van der Waals surface area contributed by atoms with Crippen molar-refractivity contribution in [2.45, 2.75) is 6.92 Å². The number of hydrogen-bond donors (Lipinski definition) is 1. The predicted molar refractivity (Wildman–Crippen MR) is 104 cm³/mol. The number of benzene rings is 2. The highest BCUT2D eigenvalue weighted by Crippen LogP contribution is 2.33. The summed E-state index contributed by atoms with van der Waals surface area (Å²) in [6, 6.07) is 16.0. The van der Waals surface area contributed by atoms with Crippen LogP contribution in [0.2, 0.25) is 0 Å². The molecule has 0 fully saturated rings. The highest BCUT2D eigenvalue weighted by atomic mass is 19.1. The highest BCUT2D eigenvalue weighted by molar-refractivity contribution is 6.06. The minimum atomic E-state index is -0.500. The van der Waals surface area contributed by atoms with Gasteiger partial charge < -0.3 is 5.73 Å². The monoisotopic (exact) mass is 357 g/mol. The molecule has 2 aromatic carbocycles. The van der Waals surface area contributed by atoms with Gasteiger partial charge in [-0.25, -0.2) is 4.39 Å². The van der Waals surface area contributed by atoms with E-state index in [-0.39, 0.29) is 5.82 Å². The molecule has 2 heterocycles. The average molecular weight is 357 g/mol. The molecule has 0 aliphatic rings. The van der Waals surface area contributed by atoms with Gasteiger partial charge in [0.25, 0.3) is 0 Å². The Morgan fingerprint density at radius 3 is 2.56 bits per heavy atom. The molecule has 4 aromatic rings. The zero-order chi connectivity index (χ0) is 19.0. The molecule has 2 aromatic heterocycles. The Labute approximate surface area is 155 Å². The van der Waals surface area contributed by atoms with Crippen molar-refractivity contribution in [2.75, 3.05) is 0 Å². The van der Waals surface area contributed by atoms with Gasteiger partial charge in [0.05, 0.1) is 16.8 Å². The molecule has 0 saturated heterocycles. The maximum Gasteiger partial charge on any atom is 0.249 e. The first kappa shape index (κ1) is 16.8. The lowest BCUT2D eigenvalue weighted by atomic mass is 9.96. The number of nitrogens with zero attached hydrogens (tertiary/aromatic N) is 2. The number of halogens is 1. The first-order chi connectivity index (χ1) is 13.0. The Morgan fingerprint density at radius 1 is 0.963 bits per heavy atom. The van der Waals surface area contributed by atoms with E-state index in [1.165, 1.54) is 6.07 Å². The third-order valence-corrected chi connectivity index (χ3v) is 4.56. The van der Waals surface area contributed by atoms with Crippen molar-refractivity contribution in [3.63, 3.8) is 0 Å². The fourth-order valence-corrected chi connectivity index (χ4v) is 3.19. The van der Waals surface area contributed by atoms with E-state index in [1.54, 1.807) is 37.5 Å². The van der Waals surface area contributed by atoms with Gasteiger partial charge >= 0.3 is 0 Å². The molecule has 0 bridgehead atoms. The summed E-state index contributed by atoms with van der Waals surface area (Å²) in [5.74, 6) is -0.751. The van der Waals surface area contributed by atoms with Gasteiger partial charge in [0.1, 0.15) is 5.82 Å². The second-order valence-electron chi connectivity index (χ2n) is 6.32. The molecule has 0 aliphatic heterocycles. The maximum atomic E-state index is 13.7. The first-order valence-electron chi connectivity index (χ1n) is 8.45. The molecule has 0 aliphatic carbocycles. The number of carbonyl (C=O) groups excluding carboxylic acids is 1. The molecule has 4 rings (SSSR count). The number of aromatic nitrogens is 2. The van der Waals surface area contributed by atoms with Crippen LogP contribution in [0.4, 0.5) is 4.39 Å². The molecule has 1 amide bonds. The van der Waals surface area contributed by atoms with E-state index in [9.17, 15) is 9.18 Å². The van der Waals surface area contributed by atoms with E-state index < -0.39 is 5.91 Å².